The van der Waals surface area contributed by atoms with Gasteiger partial charge in [-0.1, -0.05) is 12.1 Å². The third-order valence-electron chi connectivity index (χ3n) is 4.72. The summed E-state index contributed by atoms with van der Waals surface area (Å²) in [7, 11) is 0. The van der Waals surface area contributed by atoms with Crippen LogP contribution in [0.5, 0.6) is 0 Å². The van der Waals surface area contributed by atoms with Crippen LogP contribution in [0, 0.1) is 0 Å². The van der Waals surface area contributed by atoms with Crippen LogP contribution >= 0.6 is 0 Å². The number of para-hydroxylation sites is 1. The molecule has 0 radical (unpaired) electrons. The number of rotatable bonds is 2. The molecule has 1 aromatic carbocycles. The number of urea groups is 1. The van der Waals surface area contributed by atoms with Crippen LogP contribution in [0.25, 0.3) is 0 Å². The van der Waals surface area contributed by atoms with Crippen LogP contribution in [0.4, 0.5) is 23.7 Å². The number of benzene rings is 1. The van der Waals surface area contributed by atoms with Gasteiger partial charge < -0.3 is 15.0 Å². The third-order valence-corrected chi connectivity index (χ3v) is 4.72. The zero-order valence-corrected chi connectivity index (χ0v) is 13.9. The molecule has 1 unspecified atom stereocenters. The zero-order valence-electron chi connectivity index (χ0n) is 13.9. The van der Waals surface area contributed by atoms with Crippen LogP contribution in [0.3, 0.4) is 0 Å². The summed E-state index contributed by atoms with van der Waals surface area (Å²) in [6.45, 7) is 4.11. The molecule has 8 heteroatoms. The van der Waals surface area contributed by atoms with Gasteiger partial charge in [0, 0.05) is 32.2 Å². The van der Waals surface area contributed by atoms with Crippen LogP contribution in [0.15, 0.2) is 24.3 Å². The lowest BCUT2D eigenvalue weighted by atomic mass is 10.0. The number of morpholine rings is 1. The van der Waals surface area contributed by atoms with Gasteiger partial charge in [0.05, 0.1) is 24.5 Å². The quantitative estimate of drug-likeness (QED) is 0.885. The molecular weight excluding hydrogens is 335 g/mol. The fraction of sp³-hybridized carbons (Fsp3) is 0.588. The summed E-state index contributed by atoms with van der Waals surface area (Å²) in [5, 5.41) is 2.43. The molecule has 2 amide bonds. The smallest absolute Gasteiger partial charge is 0.379 e. The zero-order chi connectivity index (χ0) is 17.9. The van der Waals surface area contributed by atoms with Crippen molar-refractivity contribution in [3.05, 3.63) is 29.8 Å². The minimum absolute atomic E-state index is 0.200. The number of piperidine rings is 1. The molecule has 5 nitrogen and oxygen atoms in total. The number of anilines is 1. The summed E-state index contributed by atoms with van der Waals surface area (Å²) >= 11 is 0. The lowest BCUT2D eigenvalue weighted by molar-refractivity contribution is -0.136. The Bertz CT molecular complexity index is 603. The van der Waals surface area contributed by atoms with Crippen LogP contribution < -0.4 is 5.32 Å². The van der Waals surface area contributed by atoms with E-state index in [-0.39, 0.29) is 11.7 Å². The van der Waals surface area contributed by atoms with E-state index in [1.54, 1.807) is 4.90 Å². The maximum Gasteiger partial charge on any atom is 0.418 e. The van der Waals surface area contributed by atoms with E-state index in [0.717, 1.165) is 32.0 Å². The molecule has 25 heavy (non-hydrogen) atoms. The van der Waals surface area contributed by atoms with Crippen molar-refractivity contribution in [2.45, 2.75) is 25.1 Å². The highest BCUT2D eigenvalue weighted by atomic mass is 19.4. The largest absolute Gasteiger partial charge is 0.418 e. The molecule has 2 saturated heterocycles. The second kappa shape index (κ2) is 7.61. The van der Waals surface area contributed by atoms with E-state index in [0.29, 0.717) is 26.3 Å². The monoisotopic (exact) mass is 357 g/mol. The van der Waals surface area contributed by atoms with E-state index in [2.05, 4.69) is 10.2 Å². The summed E-state index contributed by atoms with van der Waals surface area (Å²) in [5.74, 6) is 0. The molecule has 138 valence electrons. The van der Waals surface area contributed by atoms with Crippen molar-refractivity contribution >= 4 is 11.7 Å². The predicted molar refractivity (Wildman–Crippen MR) is 87.4 cm³/mol. The van der Waals surface area contributed by atoms with Gasteiger partial charge in [0.15, 0.2) is 0 Å². The lowest BCUT2D eigenvalue weighted by Gasteiger charge is -2.40. The van der Waals surface area contributed by atoms with Crippen LogP contribution in [-0.2, 0) is 10.9 Å². The summed E-state index contributed by atoms with van der Waals surface area (Å²) in [5.41, 5.74) is -1.03. The second-order valence-corrected chi connectivity index (χ2v) is 6.36. The Labute approximate surface area is 144 Å². The number of halogens is 3. The number of carbonyl (C=O) groups excluding carboxylic acids is 1. The van der Waals surface area contributed by atoms with Gasteiger partial charge in [0.2, 0.25) is 0 Å². The van der Waals surface area contributed by atoms with E-state index in [4.69, 9.17) is 4.74 Å². The molecular formula is C17H22F3N3O2. The Hall–Kier alpha value is -1.80. The minimum Gasteiger partial charge on any atom is -0.379 e. The molecule has 1 aromatic rings. The fourth-order valence-corrected chi connectivity index (χ4v) is 3.41. The molecule has 1 N–H and O–H groups in total. The summed E-state index contributed by atoms with van der Waals surface area (Å²) in [6.07, 6.45) is -2.67. The van der Waals surface area contributed by atoms with Crippen molar-refractivity contribution in [3.8, 4) is 0 Å². The van der Waals surface area contributed by atoms with Crippen molar-refractivity contribution in [2.75, 3.05) is 44.7 Å². The van der Waals surface area contributed by atoms with Gasteiger partial charge in [-0.15, -0.1) is 0 Å². The first-order valence-electron chi connectivity index (χ1n) is 8.49. The van der Waals surface area contributed by atoms with Gasteiger partial charge in [-0.2, -0.15) is 13.2 Å². The summed E-state index contributed by atoms with van der Waals surface area (Å²) in [4.78, 5) is 16.4. The highest BCUT2D eigenvalue weighted by Gasteiger charge is 2.34. The van der Waals surface area contributed by atoms with Crippen LogP contribution in [0.1, 0.15) is 18.4 Å². The first kappa shape index (κ1) is 18.0. The normalized spacial score (nSPS) is 22.7. The van der Waals surface area contributed by atoms with Gasteiger partial charge >= 0.3 is 12.2 Å². The summed E-state index contributed by atoms with van der Waals surface area (Å²) in [6, 6.07) is 4.81. The lowest BCUT2D eigenvalue weighted by Crippen LogP contribution is -2.53. The van der Waals surface area contributed by atoms with E-state index in [9.17, 15) is 18.0 Å². The SMILES string of the molecule is O=C(Nc1ccccc1C(F)(F)F)N1CCCC(N2CCOCC2)C1. The number of likely N-dealkylation sites (tertiary alicyclic amines) is 1. The minimum atomic E-state index is -4.50. The van der Waals surface area contributed by atoms with Crippen molar-refractivity contribution in [1.29, 1.82) is 0 Å². The topological polar surface area (TPSA) is 44.8 Å². The van der Waals surface area contributed by atoms with Gasteiger partial charge in [-0.3, -0.25) is 4.90 Å². The fourth-order valence-electron chi connectivity index (χ4n) is 3.41. The Morgan fingerprint density at radius 1 is 1.16 bits per heavy atom. The number of amides is 2. The molecule has 0 saturated carbocycles. The van der Waals surface area contributed by atoms with Crippen molar-refractivity contribution in [3.63, 3.8) is 0 Å². The van der Waals surface area contributed by atoms with Gasteiger partial charge in [0.25, 0.3) is 0 Å². The van der Waals surface area contributed by atoms with Gasteiger partial charge in [-0.25, -0.2) is 4.79 Å². The molecule has 0 spiro atoms. The highest BCUT2D eigenvalue weighted by molar-refractivity contribution is 5.90. The maximum absolute atomic E-state index is 13.1. The molecule has 2 aliphatic heterocycles. The number of hydrogen-bond acceptors (Lipinski definition) is 3. The summed E-state index contributed by atoms with van der Waals surface area (Å²) < 4.78 is 44.5. The molecule has 3 rings (SSSR count). The van der Waals surface area contributed by atoms with Crippen molar-refractivity contribution in [2.24, 2.45) is 0 Å². The Balaban J connectivity index is 1.65. The molecule has 2 aliphatic rings. The molecule has 2 fully saturated rings. The number of nitrogens with zero attached hydrogens (tertiary/aromatic N) is 2. The first-order valence-corrected chi connectivity index (χ1v) is 8.49. The highest BCUT2D eigenvalue weighted by Crippen LogP contribution is 2.34. The van der Waals surface area contributed by atoms with E-state index in [1.165, 1.54) is 18.2 Å². The third kappa shape index (κ3) is 4.43. The molecule has 0 aromatic heterocycles. The van der Waals surface area contributed by atoms with Crippen LogP contribution in [0.2, 0.25) is 0 Å². The van der Waals surface area contributed by atoms with E-state index < -0.39 is 17.8 Å². The van der Waals surface area contributed by atoms with Gasteiger partial charge in [0.1, 0.15) is 0 Å². The average Bonchev–Trinajstić information content (AvgIpc) is 2.62. The average molecular weight is 357 g/mol. The number of nitrogens with one attached hydrogen (secondary N) is 1. The first-order chi connectivity index (χ1) is 11.9. The number of alkyl halides is 3. The van der Waals surface area contributed by atoms with Crippen LogP contribution in [-0.4, -0.2) is 61.3 Å². The Kier molecular flexibility index (Phi) is 5.48. The number of hydrogen-bond donors (Lipinski definition) is 1. The predicted octanol–water partition coefficient (Wildman–Crippen LogP) is 3.03. The molecule has 1 atom stereocenters. The second-order valence-electron chi connectivity index (χ2n) is 6.36. The Morgan fingerprint density at radius 2 is 1.88 bits per heavy atom. The maximum atomic E-state index is 13.1. The van der Waals surface area contributed by atoms with E-state index in [1.807, 2.05) is 0 Å². The van der Waals surface area contributed by atoms with E-state index >= 15 is 0 Å². The number of ether oxygens (including phenoxy) is 1. The molecule has 2 heterocycles. The standard InChI is InChI=1S/C17H22F3N3O2/c18-17(19,20)14-5-1-2-6-15(14)21-16(24)23-7-3-4-13(12-23)22-8-10-25-11-9-22/h1-2,5-6,13H,3-4,7-12H2,(H,21,24). The molecule has 0 aliphatic carbocycles. The molecule has 0 bridgehead atoms. The van der Waals surface area contributed by atoms with Crippen molar-refractivity contribution in [1.82, 2.24) is 9.80 Å². The Morgan fingerprint density at radius 3 is 2.60 bits per heavy atom. The number of carbonyl (C=O) groups is 1. The van der Waals surface area contributed by atoms with Crippen molar-refractivity contribution < 1.29 is 22.7 Å². The van der Waals surface area contributed by atoms with Gasteiger partial charge in [-0.05, 0) is 25.0 Å².